The zero-order valence-corrected chi connectivity index (χ0v) is 30.6. The van der Waals surface area contributed by atoms with Crippen LogP contribution in [0.1, 0.15) is 67.3 Å². The number of thioether (sulfide) groups is 1. The molecular formula is C34H48F3N7O9S. The van der Waals surface area contributed by atoms with Crippen molar-refractivity contribution in [3.05, 3.63) is 35.4 Å². The molecule has 16 nitrogen and oxygen atoms in total. The van der Waals surface area contributed by atoms with Crippen LogP contribution in [0, 0.1) is 0 Å². The fourth-order valence-corrected chi connectivity index (χ4v) is 7.43. The molecule has 0 spiro atoms. The Balaban J connectivity index is 0.952. The quantitative estimate of drug-likeness (QED) is 0.0596. The number of unbranched alkanes of at least 4 members (excludes halogenated alkanes) is 1. The standard InChI is InChI=1S/C34H48F3N7O9S/c35-34(36,37)33(43-44-33)23-9-7-22(8-10-23)30(48)40-24(11-12-28(46)47)31(49)39-14-4-16-52-18-20-53-19-17-51-15-3-13-38-27(45)6-2-1-5-26-29-25(21-54-26)41-32(50)42-29/h7-10,24-26,29H,1-6,11-21H2,(H,38,45)(H,39,49)(H,40,48)(H,46,47)(H2,41,42,50)/t24-,25-,26-,29-/m0/s1. The van der Waals surface area contributed by atoms with Crippen LogP contribution in [0.25, 0.3) is 0 Å². The number of alkyl halides is 3. The fraction of sp³-hybridized carbons (Fsp3) is 0.676. The van der Waals surface area contributed by atoms with E-state index in [4.69, 9.17) is 19.3 Å². The lowest BCUT2D eigenvalue weighted by Crippen LogP contribution is -2.47. The summed E-state index contributed by atoms with van der Waals surface area (Å²) >= 11 is 1.87. The van der Waals surface area contributed by atoms with Gasteiger partial charge in [-0.2, -0.15) is 24.9 Å². The van der Waals surface area contributed by atoms with Crippen molar-refractivity contribution < 1.29 is 56.5 Å². The summed E-state index contributed by atoms with van der Waals surface area (Å²) < 4.78 is 56.2. The van der Waals surface area contributed by atoms with Gasteiger partial charge in [-0.15, -0.1) is 10.2 Å². The summed E-state index contributed by atoms with van der Waals surface area (Å²) in [4.78, 5) is 60.1. The van der Waals surface area contributed by atoms with Gasteiger partial charge in [-0.3, -0.25) is 19.2 Å². The van der Waals surface area contributed by atoms with Crippen LogP contribution in [0.5, 0.6) is 0 Å². The van der Waals surface area contributed by atoms with E-state index in [2.05, 4.69) is 36.8 Å². The van der Waals surface area contributed by atoms with Crippen LogP contribution in [0.2, 0.25) is 0 Å². The number of aliphatic carboxylic acids is 1. The molecule has 0 saturated carbocycles. The highest BCUT2D eigenvalue weighted by atomic mass is 32.2. The third-order valence-corrected chi connectivity index (χ3v) is 10.4. The van der Waals surface area contributed by atoms with E-state index in [1.165, 1.54) is 0 Å². The molecule has 0 aromatic heterocycles. The molecule has 20 heteroatoms. The number of ether oxygens (including phenoxy) is 3. The van der Waals surface area contributed by atoms with Gasteiger partial charge in [0.25, 0.3) is 5.91 Å². The molecule has 54 heavy (non-hydrogen) atoms. The number of nitrogens with one attached hydrogen (secondary N) is 5. The fourth-order valence-electron chi connectivity index (χ4n) is 5.89. The van der Waals surface area contributed by atoms with Gasteiger partial charge in [-0.05, 0) is 44.2 Å². The van der Waals surface area contributed by atoms with Gasteiger partial charge in [-0.1, -0.05) is 18.6 Å². The maximum absolute atomic E-state index is 13.2. The number of carbonyl (C=O) groups excluding carboxylic acids is 4. The Bertz CT molecular complexity index is 1450. The van der Waals surface area contributed by atoms with Crippen LogP contribution in [-0.2, 0) is 34.3 Å². The van der Waals surface area contributed by atoms with E-state index in [0.29, 0.717) is 70.7 Å². The molecule has 1 aromatic rings. The van der Waals surface area contributed by atoms with E-state index < -0.39 is 42.1 Å². The molecular weight excluding hydrogens is 739 g/mol. The van der Waals surface area contributed by atoms with Gasteiger partial charge >= 0.3 is 23.8 Å². The van der Waals surface area contributed by atoms with Crippen molar-refractivity contribution in [1.82, 2.24) is 26.6 Å². The highest BCUT2D eigenvalue weighted by molar-refractivity contribution is 8.00. The number of carboxylic acids is 1. The Hall–Kier alpha value is -4.01. The van der Waals surface area contributed by atoms with Gasteiger partial charge in [0, 0.05) is 61.3 Å². The average Bonchev–Trinajstić information content (AvgIpc) is 3.77. The zero-order chi connectivity index (χ0) is 39.0. The van der Waals surface area contributed by atoms with E-state index in [1.54, 1.807) is 0 Å². The Kier molecular flexibility index (Phi) is 16.8. The molecule has 3 heterocycles. The smallest absolute Gasteiger partial charge is 0.442 e. The van der Waals surface area contributed by atoms with Crippen molar-refractivity contribution in [3.8, 4) is 0 Å². The lowest BCUT2D eigenvalue weighted by atomic mass is 10.0. The number of rotatable bonds is 26. The van der Waals surface area contributed by atoms with Gasteiger partial charge < -0.3 is 45.9 Å². The first-order valence-corrected chi connectivity index (χ1v) is 19.0. The van der Waals surface area contributed by atoms with Crippen molar-refractivity contribution >= 4 is 41.5 Å². The van der Waals surface area contributed by atoms with E-state index >= 15 is 0 Å². The topological polar surface area (TPSA) is 218 Å². The third kappa shape index (κ3) is 13.4. The molecule has 300 valence electrons. The number of nitrogens with zero attached hydrogens (tertiary/aromatic N) is 2. The lowest BCUT2D eigenvalue weighted by Gasteiger charge is -2.18. The second-order valence-corrected chi connectivity index (χ2v) is 14.2. The van der Waals surface area contributed by atoms with Crippen LogP contribution in [-0.4, -0.2) is 123 Å². The third-order valence-electron chi connectivity index (χ3n) is 8.89. The summed E-state index contributed by atoms with van der Waals surface area (Å²) in [5.74, 6) is -1.58. The van der Waals surface area contributed by atoms with Crippen LogP contribution in [0.15, 0.2) is 34.5 Å². The average molecular weight is 788 g/mol. The van der Waals surface area contributed by atoms with Gasteiger partial charge in [0.1, 0.15) is 6.04 Å². The summed E-state index contributed by atoms with van der Waals surface area (Å²) in [6, 6.07) is 3.58. The van der Waals surface area contributed by atoms with E-state index in [1.807, 2.05) is 11.8 Å². The zero-order valence-electron chi connectivity index (χ0n) is 29.8. The van der Waals surface area contributed by atoms with Gasteiger partial charge in [0.05, 0.1) is 38.5 Å². The lowest BCUT2D eigenvalue weighted by molar-refractivity contribution is -0.166. The second-order valence-electron chi connectivity index (χ2n) is 13.0. The Morgan fingerprint density at radius 3 is 2.13 bits per heavy atom. The second kappa shape index (κ2) is 21.2. The number of hydrogen-bond acceptors (Lipinski definition) is 11. The molecule has 5 amide bonds. The maximum atomic E-state index is 13.2. The molecule has 3 aliphatic rings. The first kappa shape index (κ1) is 42.7. The van der Waals surface area contributed by atoms with Crippen LogP contribution in [0.4, 0.5) is 18.0 Å². The summed E-state index contributed by atoms with van der Waals surface area (Å²) in [6.45, 7) is 2.94. The minimum Gasteiger partial charge on any atom is -0.481 e. The SMILES string of the molecule is O=C(O)CC[C@H](NC(=O)c1ccc(C2(C(F)(F)F)N=N2)cc1)C(=O)NCCCOCCOCCOCCCNC(=O)CCCC[C@@H]1SC[C@@H]2NC(=O)N[C@@H]21. The normalized spacial score (nSPS) is 20.1. The van der Waals surface area contributed by atoms with Crippen molar-refractivity contribution in [2.45, 2.75) is 86.6 Å². The number of carboxylic acid groups (broad SMARTS) is 1. The molecule has 1 aromatic carbocycles. The van der Waals surface area contributed by atoms with Crippen LogP contribution in [0.3, 0.4) is 0 Å². The molecule has 0 bridgehead atoms. The molecule has 0 aliphatic carbocycles. The van der Waals surface area contributed by atoms with Gasteiger partial charge in [0.2, 0.25) is 11.8 Å². The molecule has 4 atom stereocenters. The molecule has 0 unspecified atom stereocenters. The van der Waals surface area contributed by atoms with Crippen molar-refractivity contribution in [1.29, 1.82) is 0 Å². The molecule has 2 fully saturated rings. The Labute approximate surface area is 314 Å². The van der Waals surface area contributed by atoms with Crippen molar-refractivity contribution in [2.75, 3.05) is 58.5 Å². The molecule has 6 N–H and O–H groups in total. The molecule has 2 saturated heterocycles. The summed E-state index contributed by atoms with van der Waals surface area (Å²) in [5, 5.41) is 29.6. The first-order chi connectivity index (χ1) is 25.9. The summed E-state index contributed by atoms with van der Waals surface area (Å²) in [7, 11) is 0. The van der Waals surface area contributed by atoms with Crippen molar-refractivity contribution in [2.24, 2.45) is 10.2 Å². The monoisotopic (exact) mass is 787 g/mol. The minimum absolute atomic E-state index is 0.0235. The molecule has 0 radical (unpaired) electrons. The number of carbonyl (C=O) groups is 5. The highest BCUT2D eigenvalue weighted by Gasteiger charge is 2.65. The van der Waals surface area contributed by atoms with Crippen LogP contribution < -0.4 is 26.6 Å². The van der Waals surface area contributed by atoms with E-state index in [0.717, 1.165) is 49.3 Å². The molecule has 4 rings (SSSR count). The van der Waals surface area contributed by atoms with Gasteiger partial charge in [-0.25, -0.2) is 4.79 Å². The Morgan fingerprint density at radius 1 is 0.889 bits per heavy atom. The number of hydrogen-bond donors (Lipinski definition) is 6. The minimum atomic E-state index is -4.71. The Morgan fingerprint density at radius 2 is 1.52 bits per heavy atom. The highest BCUT2D eigenvalue weighted by Crippen LogP contribution is 2.52. The largest absolute Gasteiger partial charge is 0.481 e. The predicted octanol–water partition coefficient (Wildman–Crippen LogP) is 2.62. The predicted molar refractivity (Wildman–Crippen MR) is 189 cm³/mol. The number of benzene rings is 1. The van der Waals surface area contributed by atoms with Crippen LogP contribution >= 0.6 is 11.8 Å². The number of halogens is 3. The number of urea groups is 1. The van der Waals surface area contributed by atoms with E-state index in [-0.39, 0.29) is 48.1 Å². The summed E-state index contributed by atoms with van der Waals surface area (Å²) in [6.07, 6.45) is -0.984. The van der Waals surface area contributed by atoms with Crippen molar-refractivity contribution in [3.63, 3.8) is 0 Å². The number of fused-ring (bicyclic) bond motifs is 1. The number of amides is 5. The maximum Gasteiger partial charge on any atom is 0.442 e. The van der Waals surface area contributed by atoms with Gasteiger partial charge in [0.15, 0.2) is 0 Å². The summed E-state index contributed by atoms with van der Waals surface area (Å²) in [5.41, 5.74) is -2.90. The first-order valence-electron chi connectivity index (χ1n) is 18.0. The molecule has 3 aliphatic heterocycles. The van der Waals surface area contributed by atoms with E-state index in [9.17, 15) is 37.1 Å².